The van der Waals surface area contributed by atoms with Crippen molar-refractivity contribution in [3.05, 3.63) is 6.92 Å². The van der Waals surface area contributed by atoms with Crippen LogP contribution in [0.2, 0.25) is 0 Å². The molecule has 0 aromatic rings. The Balaban J connectivity index is 2.17. The van der Waals surface area contributed by atoms with Crippen molar-refractivity contribution in [1.82, 2.24) is 5.32 Å². The Morgan fingerprint density at radius 2 is 2.25 bits per heavy atom. The molecular weight excluding hydrogens is 98.1 g/mol. The minimum atomic E-state index is 0.664. The van der Waals surface area contributed by atoms with Crippen LogP contribution >= 0.6 is 0 Å². The van der Waals surface area contributed by atoms with E-state index in [4.69, 9.17) is 0 Å². The second kappa shape index (κ2) is 3.08. The highest BCUT2D eigenvalue weighted by molar-refractivity contribution is 4.67. The number of hydrogen-bond acceptors (Lipinski definition) is 1. The third-order valence-electron chi connectivity index (χ3n) is 1.65. The van der Waals surface area contributed by atoms with Gasteiger partial charge in [-0.15, -0.1) is 0 Å². The third-order valence-corrected chi connectivity index (χ3v) is 1.65. The molecule has 1 unspecified atom stereocenters. The monoisotopic (exact) mass is 112 g/mol. The van der Waals surface area contributed by atoms with Crippen LogP contribution in [0.5, 0.6) is 0 Å². The van der Waals surface area contributed by atoms with Gasteiger partial charge < -0.3 is 5.32 Å². The lowest BCUT2D eigenvalue weighted by Crippen LogP contribution is -2.18. The van der Waals surface area contributed by atoms with Crippen LogP contribution in [-0.2, 0) is 0 Å². The zero-order chi connectivity index (χ0) is 5.82. The van der Waals surface area contributed by atoms with E-state index in [2.05, 4.69) is 12.2 Å². The summed E-state index contributed by atoms with van der Waals surface area (Å²) in [5.41, 5.74) is 0. The first-order valence-corrected chi connectivity index (χ1v) is 3.43. The van der Waals surface area contributed by atoms with Crippen LogP contribution in [0, 0.1) is 12.8 Å². The van der Waals surface area contributed by atoms with Crippen LogP contribution in [-0.4, -0.2) is 13.1 Å². The number of rotatable bonds is 0. The van der Waals surface area contributed by atoms with Crippen molar-refractivity contribution in [2.24, 2.45) is 5.92 Å². The summed E-state index contributed by atoms with van der Waals surface area (Å²) in [5, 5.41) is 3.33. The Bertz CT molecular complexity index is 53.4. The van der Waals surface area contributed by atoms with E-state index in [9.17, 15) is 0 Å². The molecule has 1 aliphatic rings. The molecular formula is C7H14N. The summed E-state index contributed by atoms with van der Waals surface area (Å²) in [6.07, 6.45) is 4.01. The Morgan fingerprint density at radius 3 is 3.12 bits per heavy atom. The molecule has 1 heterocycles. The van der Waals surface area contributed by atoms with Gasteiger partial charge in [-0.05, 0) is 38.8 Å². The van der Waals surface area contributed by atoms with Gasteiger partial charge in [0.25, 0.3) is 0 Å². The molecule has 0 aromatic carbocycles. The third kappa shape index (κ3) is 1.83. The van der Waals surface area contributed by atoms with Gasteiger partial charge in [-0.2, -0.15) is 0 Å². The van der Waals surface area contributed by atoms with Crippen LogP contribution in [0.15, 0.2) is 0 Å². The fourth-order valence-electron chi connectivity index (χ4n) is 1.09. The van der Waals surface area contributed by atoms with E-state index in [-0.39, 0.29) is 0 Å². The lowest BCUT2D eigenvalue weighted by atomic mass is 10.1. The lowest BCUT2D eigenvalue weighted by Gasteiger charge is -2.03. The maximum atomic E-state index is 4.00. The largest absolute Gasteiger partial charge is 0.316 e. The van der Waals surface area contributed by atoms with E-state index in [1.54, 1.807) is 0 Å². The maximum absolute atomic E-state index is 4.00. The quantitative estimate of drug-likeness (QED) is 0.496. The highest BCUT2D eigenvalue weighted by Crippen LogP contribution is 2.08. The minimum absolute atomic E-state index is 0.664. The van der Waals surface area contributed by atoms with Gasteiger partial charge in [0, 0.05) is 0 Å². The van der Waals surface area contributed by atoms with Gasteiger partial charge in [-0.3, -0.25) is 0 Å². The highest BCUT2D eigenvalue weighted by atomic mass is 14.9. The second-order valence-electron chi connectivity index (χ2n) is 2.57. The highest BCUT2D eigenvalue weighted by Gasteiger charge is 2.04. The first kappa shape index (κ1) is 6.09. The van der Waals surface area contributed by atoms with Gasteiger partial charge in [0.2, 0.25) is 0 Å². The average molecular weight is 112 g/mol. The fourth-order valence-corrected chi connectivity index (χ4v) is 1.09. The van der Waals surface area contributed by atoms with E-state index in [1.807, 2.05) is 0 Å². The van der Waals surface area contributed by atoms with E-state index in [0.29, 0.717) is 5.92 Å². The summed E-state index contributed by atoms with van der Waals surface area (Å²) < 4.78 is 0. The van der Waals surface area contributed by atoms with Gasteiger partial charge in [0.1, 0.15) is 0 Å². The molecule has 0 aliphatic carbocycles. The zero-order valence-electron chi connectivity index (χ0n) is 5.32. The molecule has 47 valence electrons. The molecule has 1 radical (unpaired) electrons. The maximum Gasteiger partial charge on any atom is -0.00205 e. The summed E-state index contributed by atoms with van der Waals surface area (Å²) >= 11 is 0. The summed E-state index contributed by atoms with van der Waals surface area (Å²) in [4.78, 5) is 0. The molecule has 0 bridgehead atoms. The van der Waals surface area contributed by atoms with Crippen LogP contribution in [0.1, 0.15) is 19.3 Å². The van der Waals surface area contributed by atoms with E-state index < -0.39 is 0 Å². The van der Waals surface area contributed by atoms with Crippen LogP contribution in [0.3, 0.4) is 0 Å². The first-order valence-electron chi connectivity index (χ1n) is 3.43. The zero-order valence-corrected chi connectivity index (χ0v) is 5.32. The lowest BCUT2D eigenvalue weighted by molar-refractivity contribution is 0.575. The van der Waals surface area contributed by atoms with Crippen molar-refractivity contribution in [1.29, 1.82) is 0 Å². The van der Waals surface area contributed by atoms with Gasteiger partial charge in [0.05, 0.1) is 0 Å². The first-order chi connectivity index (χ1) is 3.89. The van der Waals surface area contributed by atoms with Crippen LogP contribution in [0.25, 0.3) is 0 Å². The fraction of sp³-hybridized carbons (Fsp3) is 0.857. The second-order valence-corrected chi connectivity index (χ2v) is 2.57. The van der Waals surface area contributed by atoms with Crippen molar-refractivity contribution in [3.63, 3.8) is 0 Å². The number of hydrogen-bond donors (Lipinski definition) is 1. The molecule has 1 atom stereocenters. The van der Waals surface area contributed by atoms with Gasteiger partial charge in [-0.25, -0.2) is 0 Å². The molecule has 1 nitrogen and oxygen atoms in total. The molecule has 0 amide bonds. The summed E-state index contributed by atoms with van der Waals surface area (Å²) in [6, 6.07) is 0. The molecule has 0 aromatic heterocycles. The van der Waals surface area contributed by atoms with Crippen molar-refractivity contribution >= 4 is 0 Å². The molecule has 1 rings (SSSR count). The molecule has 1 N–H and O–H groups in total. The summed E-state index contributed by atoms with van der Waals surface area (Å²) in [6.45, 7) is 6.32. The molecule has 0 spiro atoms. The predicted octanol–water partition coefficient (Wildman–Crippen LogP) is 1.21. The average Bonchev–Trinajstić information content (AvgIpc) is 1.94. The van der Waals surface area contributed by atoms with Crippen LogP contribution in [0.4, 0.5) is 0 Å². The molecule has 0 saturated carbocycles. The van der Waals surface area contributed by atoms with Crippen LogP contribution < -0.4 is 5.32 Å². The summed E-state index contributed by atoms with van der Waals surface area (Å²) in [5.74, 6) is 0.664. The van der Waals surface area contributed by atoms with E-state index in [1.165, 1.54) is 25.8 Å². The van der Waals surface area contributed by atoms with Crippen molar-refractivity contribution in [2.45, 2.75) is 19.3 Å². The SMILES string of the molecule is [CH2]C1CCCCNC1. The Kier molecular flexibility index (Phi) is 2.34. The Hall–Kier alpha value is -0.0400. The molecule has 1 aliphatic heterocycles. The van der Waals surface area contributed by atoms with Crippen molar-refractivity contribution in [3.8, 4) is 0 Å². The molecule has 1 heteroatoms. The molecule has 1 fully saturated rings. The molecule has 8 heavy (non-hydrogen) atoms. The van der Waals surface area contributed by atoms with Crippen molar-refractivity contribution < 1.29 is 0 Å². The number of nitrogens with one attached hydrogen (secondary N) is 1. The summed E-state index contributed by atoms with van der Waals surface area (Å²) in [7, 11) is 0. The molecule has 1 saturated heterocycles. The van der Waals surface area contributed by atoms with E-state index >= 15 is 0 Å². The topological polar surface area (TPSA) is 12.0 Å². The van der Waals surface area contributed by atoms with E-state index in [0.717, 1.165) is 6.54 Å². The standard InChI is InChI=1S/C7H14N/c1-7-4-2-3-5-8-6-7/h7-8H,1-6H2. The van der Waals surface area contributed by atoms with Gasteiger partial charge in [-0.1, -0.05) is 6.42 Å². The van der Waals surface area contributed by atoms with Gasteiger partial charge >= 0.3 is 0 Å². The van der Waals surface area contributed by atoms with Gasteiger partial charge in [0.15, 0.2) is 0 Å². The van der Waals surface area contributed by atoms with Crippen molar-refractivity contribution in [2.75, 3.05) is 13.1 Å². The Labute approximate surface area is 51.5 Å². The predicted molar refractivity (Wildman–Crippen MR) is 35.6 cm³/mol. The minimum Gasteiger partial charge on any atom is -0.316 e. The normalized spacial score (nSPS) is 31.9. The Morgan fingerprint density at radius 1 is 1.38 bits per heavy atom. The smallest absolute Gasteiger partial charge is 0.00205 e.